The summed E-state index contributed by atoms with van der Waals surface area (Å²) in [6, 6.07) is 17.9. The predicted molar refractivity (Wildman–Crippen MR) is 137 cm³/mol. The van der Waals surface area contributed by atoms with Gasteiger partial charge in [-0.25, -0.2) is 0 Å². The third-order valence-electron chi connectivity index (χ3n) is 7.28. The van der Waals surface area contributed by atoms with Gasteiger partial charge < -0.3 is 18.9 Å². The van der Waals surface area contributed by atoms with Crippen LogP contribution in [0, 0.1) is 6.92 Å². The van der Waals surface area contributed by atoms with Crippen LogP contribution in [0.3, 0.4) is 0 Å². The van der Waals surface area contributed by atoms with Crippen LogP contribution in [0.15, 0.2) is 60.8 Å². The number of ether oxygens (including phenoxy) is 4. The lowest BCUT2D eigenvalue weighted by atomic mass is 9.93. The van der Waals surface area contributed by atoms with Crippen molar-refractivity contribution in [1.82, 2.24) is 0 Å². The average molecular weight is 479 g/mol. The largest absolute Gasteiger partial charge is 0.493 e. The number of nitrogens with zero attached hydrogens (tertiary/aromatic N) is 1. The molecule has 7 rings (SSSR count). The van der Waals surface area contributed by atoms with Gasteiger partial charge >= 0.3 is 0 Å². The Morgan fingerprint density at radius 1 is 0.972 bits per heavy atom. The van der Waals surface area contributed by atoms with Crippen molar-refractivity contribution >= 4 is 38.2 Å². The van der Waals surface area contributed by atoms with Crippen LogP contribution in [-0.4, -0.2) is 26.3 Å². The first kappa shape index (κ1) is 21.0. The highest BCUT2D eigenvalue weighted by atomic mass is 16.7. The highest BCUT2D eigenvalue weighted by molar-refractivity contribution is 6.17. The molecule has 2 aliphatic heterocycles. The Bertz CT molecular complexity index is 1720. The van der Waals surface area contributed by atoms with Gasteiger partial charge in [-0.05, 0) is 42.8 Å². The average Bonchev–Trinajstić information content (AvgIpc) is 3.38. The summed E-state index contributed by atoms with van der Waals surface area (Å²) in [7, 11) is 1.62. The lowest BCUT2D eigenvalue weighted by molar-refractivity contribution is -0.670. The topological polar surface area (TPSA) is 57.9 Å². The number of rotatable bonds is 5. The zero-order valence-electron chi connectivity index (χ0n) is 20.1. The highest BCUT2D eigenvalue weighted by Gasteiger charge is 2.30. The van der Waals surface area contributed by atoms with Crippen molar-refractivity contribution in [2.24, 2.45) is 0 Å². The second-order valence-electron chi connectivity index (χ2n) is 9.36. The molecule has 2 aliphatic rings. The first-order valence-corrected chi connectivity index (χ1v) is 12.1. The highest BCUT2D eigenvalue weighted by Crippen LogP contribution is 2.46. The Hall–Kier alpha value is -4.32. The molecule has 0 spiro atoms. The Labute approximate surface area is 207 Å². The molecule has 0 unspecified atom stereocenters. The molecule has 4 aromatic carbocycles. The zero-order valence-corrected chi connectivity index (χ0v) is 20.1. The molecule has 0 saturated carbocycles. The summed E-state index contributed by atoms with van der Waals surface area (Å²) in [4.78, 5) is 12.9. The molecule has 0 fully saturated rings. The fraction of sp³-hybridized carbons (Fsp3) is 0.200. The first-order chi connectivity index (χ1) is 17.6. The molecule has 178 valence electrons. The fourth-order valence-electron chi connectivity index (χ4n) is 5.51. The second-order valence-corrected chi connectivity index (χ2v) is 9.36. The number of carbonyl (C=O) groups excluding carboxylic acids is 1. The molecule has 0 amide bonds. The number of hydrogen-bond acceptors (Lipinski definition) is 5. The third kappa shape index (κ3) is 3.04. The molecular weight excluding hydrogens is 454 g/mol. The number of pyridine rings is 1. The van der Waals surface area contributed by atoms with Crippen molar-refractivity contribution in [1.29, 1.82) is 0 Å². The van der Waals surface area contributed by atoms with E-state index in [2.05, 4.69) is 35.0 Å². The van der Waals surface area contributed by atoms with Gasteiger partial charge in [0, 0.05) is 22.8 Å². The smallest absolute Gasteiger partial charge is 0.231 e. The molecule has 1 aromatic heterocycles. The van der Waals surface area contributed by atoms with Crippen molar-refractivity contribution in [3.8, 4) is 23.0 Å². The van der Waals surface area contributed by atoms with Gasteiger partial charge in [0.05, 0.1) is 23.3 Å². The summed E-state index contributed by atoms with van der Waals surface area (Å²) in [5, 5.41) is 5.37. The normalized spacial score (nSPS) is 13.6. The molecule has 5 aromatic rings. The molecule has 0 radical (unpaired) electrons. The Balaban J connectivity index is 1.39. The molecule has 0 aliphatic carbocycles. The molecule has 6 heteroatoms. The van der Waals surface area contributed by atoms with E-state index < -0.39 is 0 Å². The number of aryl methyl sites for hydroxylation is 3. The van der Waals surface area contributed by atoms with Gasteiger partial charge in [-0.1, -0.05) is 29.8 Å². The zero-order chi connectivity index (χ0) is 24.4. The van der Waals surface area contributed by atoms with E-state index in [1.54, 1.807) is 7.11 Å². The summed E-state index contributed by atoms with van der Waals surface area (Å²) in [5.41, 5.74) is 4.19. The van der Waals surface area contributed by atoms with Gasteiger partial charge in [0.25, 0.3) is 0 Å². The molecule has 6 nitrogen and oxygen atoms in total. The third-order valence-corrected chi connectivity index (χ3v) is 7.28. The Kier molecular flexibility index (Phi) is 4.58. The SMILES string of the molecule is COc1ccc2c(c[n+]3c4c2ccc2c5c(cc(c24)CC3)OCO5)c1OCC(=O)c1ccc(C)cc1. The van der Waals surface area contributed by atoms with E-state index in [4.69, 9.17) is 18.9 Å². The maximum Gasteiger partial charge on any atom is 0.231 e. The van der Waals surface area contributed by atoms with E-state index in [0.29, 0.717) is 17.1 Å². The molecule has 0 atom stereocenters. The van der Waals surface area contributed by atoms with E-state index >= 15 is 0 Å². The van der Waals surface area contributed by atoms with Crippen LogP contribution in [-0.2, 0) is 13.0 Å². The van der Waals surface area contributed by atoms with Crippen molar-refractivity contribution in [3.63, 3.8) is 0 Å². The number of benzene rings is 4. The summed E-state index contributed by atoms with van der Waals surface area (Å²) < 4.78 is 25.6. The van der Waals surface area contributed by atoms with E-state index in [0.717, 1.165) is 51.6 Å². The maximum atomic E-state index is 12.9. The molecule has 0 N–H and O–H groups in total. The van der Waals surface area contributed by atoms with Crippen LogP contribution in [0.2, 0.25) is 0 Å². The van der Waals surface area contributed by atoms with Gasteiger partial charge in [0.15, 0.2) is 48.1 Å². The maximum absolute atomic E-state index is 12.9. The van der Waals surface area contributed by atoms with Gasteiger partial charge in [0.1, 0.15) is 0 Å². The van der Waals surface area contributed by atoms with Crippen LogP contribution in [0.1, 0.15) is 21.5 Å². The fourth-order valence-corrected chi connectivity index (χ4v) is 5.51. The lowest BCUT2D eigenvalue weighted by Gasteiger charge is -2.18. The number of fused-ring (bicyclic) bond motifs is 4. The standard InChI is InChI=1S/C30H24NO5/c1-17-3-5-18(6-4-17)24(32)15-34-30-23-14-31-12-11-19-13-26-29(36-16-35-26)22-8-7-21(28(31)27(19)22)20(23)9-10-25(30)33-2/h3-10,13-14H,11-12,15-16H2,1-2H3/q+1. The van der Waals surface area contributed by atoms with Crippen LogP contribution < -0.4 is 23.5 Å². The second kappa shape index (κ2) is 7.85. The quantitative estimate of drug-likeness (QED) is 0.195. The number of ketones is 1. The Morgan fingerprint density at radius 2 is 1.78 bits per heavy atom. The van der Waals surface area contributed by atoms with E-state index in [9.17, 15) is 4.79 Å². The summed E-state index contributed by atoms with van der Waals surface area (Å²) in [6.45, 7) is 3.02. The predicted octanol–water partition coefficient (Wildman–Crippen LogP) is 5.30. The summed E-state index contributed by atoms with van der Waals surface area (Å²) in [5.74, 6) is 2.75. The number of Topliss-reactive ketones (excluding diaryl/α,β-unsaturated/α-hetero) is 1. The minimum absolute atomic E-state index is 0.0675. The van der Waals surface area contributed by atoms with Crippen LogP contribution in [0.5, 0.6) is 23.0 Å². The Morgan fingerprint density at radius 3 is 2.61 bits per heavy atom. The van der Waals surface area contributed by atoms with Crippen LogP contribution in [0.4, 0.5) is 0 Å². The minimum Gasteiger partial charge on any atom is -0.493 e. The van der Waals surface area contributed by atoms with Crippen LogP contribution >= 0.6 is 0 Å². The first-order valence-electron chi connectivity index (χ1n) is 12.1. The summed E-state index contributed by atoms with van der Waals surface area (Å²) >= 11 is 0. The van der Waals surface area contributed by atoms with E-state index in [1.165, 1.54) is 16.5 Å². The lowest BCUT2D eigenvalue weighted by Crippen LogP contribution is -2.38. The molecule has 0 saturated heterocycles. The number of hydrogen-bond donors (Lipinski definition) is 0. The van der Waals surface area contributed by atoms with Crippen molar-refractivity contribution in [3.05, 3.63) is 77.5 Å². The van der Waals surface area contributed by atoms with E-state index in [-0.39, 0.29) is 19.2 Å². The van der Waals surface area contributed by atoms with Gasteiger partial charge in [-0.15, -0.1) is 0 Å². The number of carbonyl (C=O) groups is 1. The van der Waals surface area contributed by atoms with Crippen molar-refractivity contribution < 1.29 is 28.3 Å². The summed E-state index contributed by atoms with van der Waals surface area (Å²) in [6.07, 6.45) is 3.01. The number of methoxy groups -OCH3 is 1. The van der Waals surface area contributed by atoms with Gasteiger partial charge in [0.2, 0.25) is 12.3 Å². The molecular formula is C30H24NO5+. The van der Waals surface area contributed by atoms with Crippen molar-refractivity contribution in [2.45, 2.75) is 19.9 Å². The monoisotopic (exact) mass is 478 g/mol. The van der Waals surface area contributed by atoms with Crippen molar-refractivity contribution in [2.75, 3.05) is 20.5 Å². The number of aromatic nitrogens is 1. The molecule has 0 bridgehead atoms. The van der Waals surface area contributed by atoms with Gasteiger partial charge in [-0.3, -0.25) is 4.79 Å². The minimum atomic E-state index is -0.0736. The molecule has 36 heavy (non-hydrogen) atoms. The van der Waals surface area contributed by atoms with Gasteiger partial charge in [-0.2, -0.15) is 4.57 Å². The van der Waals surface area contributed by atoms with E-state index in [1.807, 2.05) is 37.3 Å². The van der Waals surface area contributed by atoms with Crippen LogP contribution in [0.25, 0.3) is 32.4 Å². The molecule has 3 heterocycles.